The summed E-state index contributed by atoms with van der Waals surface area (Å²) in [5, 5.41) is 10.4. The molecule has 1 aromatic carbocycles. The molecule has 0 radical (unpaired) electrons. The molecule has 17 heavy (non-hydrogen) atoms. The Balaban J connectivity index is 2.73. The van der Waals surface area contributed by atoms with Gasteiger partial charge in [-0.3, -0.25) is 0 Å². The van der Waals surface area contributed by atoms with E-state index in [1.807, 2.05) is 0 Å². The number of aliphatic hydroxyl groups is 1. The number of halogens is 1. The predicted octanol–water partition coefficient (Wildman–Crippen LogP) is 1.61. The number of hydrogen-bond acceptors (Lipinski definition) is 3. The van der Waals surface area contributed by atoms with Gasteiger partial charge in [0.15, 0.2) is 0 Å². The summed E-state index contributed by atoms with van der Waals surface area (Å²) in [5.41, 5.74) is 0.733. The summed E-state index contributed by atoms with van der Waals surface area (Å²) in [4.78, 5) is 0. The van der Waals surface area contributed by atoms with E-state index in [0.717, 1.165) is 11.0 Å². The highest BCUT2D eigenvalue weighted by Gasteiger charge is 2.09. The molecular formula is C11H14ClNO3S. The standard InChI is InChI=1S/C11H14ClNO3S/c1-9(8-14)13-17(15,16)7-6-10-2-4-11(12)5-3-10/h2-7,9,13-14H,8H2,1H3/b7-6+. The van der Waals surface area contributed by atoms with Crippen molar-refractivity contribution in [3.63, 3.8) is 0 Å². The van der Waals surface area contributed by atoms with E-state index in [1.165, 1.54) is 6.08 Å². The zero-order valence-electron chi connectivity index (χ0n) is 9.30. The normalized spacial score (nSPS) is 14.1. The molecule has 0 aliphatic carbocycles. The first-order valence-electron chi connectivity index (χ1n) is 5.00. The van der Waals surface area contributed by atoms with Crippen LogP contribution in [0.1, 0.15) is 12.5 Å². The fourth-order valence-electron chi connectivity index (χ4n) is 1.10. The first-order valence-corrected chi connectivity index (χ1v) is 6.92. The third-order valence-corrected chi connectivity index (χ3v) is 3.43. The Morgan fingerprint density at radius 1 is 1.41 bits per heavy atom. The van der Waals surface area contributed by atoms with E-state index in [2.05, 4.69) is 4.72 Å². The van der Waals surface area contributed by atoms with Crippen LogP contribution >= 0.6 is 11.6 Å². The molecule has 0 fully saturated rings. The van der Waals surface area contributed by atoms with Gasteiger partial charge in [0.1, 0.15) is 0 Å². The summed E-state index contributed by atoms with van der Waals surface area (Å²) in [6, 6.07) is 6.28. The Morgan fingerprint density at radius 2 is 2.00 bits per heavy atom. The zero-order valence-corrected chi connectivity index (χ0v) is 10.9. The van der Waals surface area contributed by atoms with Crippen molar-refractivity contribution in [1.82, 2.24) is 4.72 Å². The second-order valence-electron chi connectivity index (χ2n) is 3.60. The van der Waals surface area contributed by atoms with E-state index in [0.29, 0.717) is 5.02 Å². The Labute approximate surface area is 106 Å². The fraction of sp³-hybridized carbons (Fsp3) is 0.273. The van der Waals surface area contributed by atoms with Crippen LogP contribution in [0.3, 0.4) is 0 Å². The Bertz CT molecular complexity index is 482. The van der Waals surface area contributed by atoms with Gasteiger partial charge in [0.2, 0.25) is 10.0 Å². The minimum atomic E-state index is -3.52. The number of nitrogens with one attached hydrogen (secondary N) is 1. The SMILES string of the molecule is CC(CO)NS(=O)(=O)/C=C/c1ccc(Cl)cc1. The van der Waals surface area contributed by atoms with Gasteiger partial charge in [0.05, 0.1) is 6.61 Å². The van der Waals surface area contributed by atoms with Crippen molar-refractivity contribution in [3.05, 3.63) is 40.3 Å². The van der Waals surface area contributed by atoms with Crippen LogP contribution in [0.15, 0.2) is 29.7 Å². The Kier molecular flexibility index (Phi) is 5.14. The molecular weight excluding hydrogens is 262 g/mol. The molecule has 0 heterocycles. The third-order valence-electron chi connectivity index (χ3n) is 1.95. The highest BCUT2D eigenvalue weighted by atomic mass is 35.5. The van der Waals surface area contributed by atoms with Crippen LogP contribution in [-0.2, 0) is 10.0 Å². The molecule has 0 saturated carbocycles. The van der Waals surface area contributed by atoms with Crippen LogP contribution in [0.5, 0.6) is 0 Å². The lowest BCUT2D eigenvalue weighted by Gasteiger charge is -2.07. The van der Waals surface area contributed by atoms with Crippen LogP contribution in [-0.4, -0.2) is 26.2 Å². The van der Waals surface area contributed by atoms with Crippen molar-refractivity contribution in [2.45, 2.75) is 13.0 Å². The monoisotopic (exact) mass is 275 g/mol. The van der Waals surface area contributed by atoms with Crippen LogP contribution in [0.25, 0.3) is 6.08 Å². The van der Waals surface area contributed by atoms with E-state index in [1.54, 1.807) is 31.2 Å². The van der Waals surface area contributed by atoms with E-state index >= 15 is 0 Å². The summed E-state index contributed by atoms with van der Waals surface area (Å²) in [6.45, 7) is 1.34. The van der Waals surface area contributed by atoms with Crippen LogP contribution in [0.2, 0.25) is 5.02 Å². The van der Waals surface area contributed by atoms with Gasteiger partial charge in [-0.05, 0) is 30.7 Å². The van der Waals surface area contributed by atoms with Gasteiger partial charge in [-0.25, -0.2) is 13.1 Å². The quantitative estimate of drug-likeness (QED) is 0.858. The molecule has 94 valence electrons. The number of aliphatic hydroxyl groups excluding tert-OH is 1. The maximum absolute atomic E-state index is 11.5. The summed E-state index contributed by atoms with van der Waals surface area (Å²) in [7, 11) is -3.52. The lowest BCUT2D eigenvalue weighted by molar-refractivity contribution is 0.265. The fourth-order valence-corrected chi connectivity index (χ4v) is 2.28. The Morgan fingerprint density at radius 3 is 2.53 bits per heavy atom. The van der Waals surface area contributed by atoms with Crippen molar-refractivity contribution in [2.24, 2.45) is 0 Å². The summed E-state index contributed by atoms with van der Waals surface area (Å²) in [6.07, 6.45) is 1.46. The van der Waals surface area contributed by atoms with Gasteiger partial charge < -0.3 is 5.11 Å². The van der Waals surface area contributed by atoms with Gasteiger partial charge in [-0.2, -0.15) is 0 Å². The summed E-state index contributed by atoms with van der Waals surface area (Å²) < 4.78 is 25.3. The van der Waals surface area contributed by atoms with Crippen molar-refractivity contribution >= 4 is 27.7 Å². The average molecular weight is 276 g/mol. The number of benzene rings is 1. The second-order valence-corrected chi connectivity index (χ2v) is 5.64. The van der Waals surface area contributed by atoms with Crippen LogP contribution in [0.4, 0.5) is 0 Å². The van der Waals surface area contributed by atoms with Crippen molar-refractivity contribution in [3.8, 4) is 0 Å². The lowest BCUT2D eigenvalue weighted by Crippen LogP contribution is -2.33. The molecule has 1 aromatic rings. The molecule has 6 heteroatoms. The van der Waals surface area contributed by atoms with Crippen molar-refractivity contribution in [1.29, 1.82) is 0 Å². The smallest absolute Gasteiger partial charge is 0.234 e. The first-order chi connectivity index (χ1) is 7.93. The maximum atomic E-state index is 11.5. The Hall–Kier alpha value is -0.880. The first kappa shape index (κ1) is 14.2. The maximum Gasteiger partial charge on any atom is 0.234 e. The molecule has 0 spiro atoms. The van der Waals surface area contributed by atoms with Crippen LogP contribution in [0, 0.1) is 0 Å². The van der Waals surface area contributed by atoms with Crippen LogP contribution < -0.4 is 4.72 Å². The summed E-state index contributed by atoms with van der Waals surface area (Å²) in [5.74, 6) is 0. The number of hydrogen-bond donors (Lipinski definition) is 2. The van der Waals surface area contributed by atoms with Crippen molar-refractivity contribution in [2.75, 3.05) is 6.61 Å². The molecule has 0 bridgehead atoms. The van der Waals surface area contributed by atoms with Gasteiger partial charge in [0, 0.05) is 16.5 Å². The van der Waals surface area contributed by atoms with Gasteiger partial charge in [-0.1, -0.05) is 23.7 Å². The van der Waals surface area contributed by atoms with E-state index in [9.17, 15) is 8.42 Å². The highest BCUT2D eigenvalue weighted by molar-refractivity contribution is 7.92. The van der Waals surface area contributed by atoms with Gasteiger partial charge in [0.25, 0.3) is 0 Å². The molecule has 4 nitrogen and oxygen atoms in total. The summed E-state index contributed by atoms with van der Waals surface area (Å²) >= 11 is 5.71. The predicted molar refractivity (Wildman–Crippen MR) is 69.1 cm³/mol. The zero-order chi connectivity index (χ0) is 12.9. The average Bonchev–Trinajstić information content (AvgIpc) is 2.28. The largest absolute Gasteiger partial charge is 0.395 e. The van der Waals surface area contributed by atoms with Gasteiger partial charge >= 0.3 is 0 Å². The van der Waals surface area contributed by atoms with Gasteiger partial charge in [-0.15, -0.1) is 0 Å². The van der Waals surface area contributed by atoms with E-state index in [-0.39, 0.29) is 6.61 Å². The molecule has 1 unspecified atom stereocenters. The molecule has 2 N–H and O–H groups in total. The molecule has 0 aliphatic rings. The topological polar surface area (TPSA) is 66.4 Å². The minimum Gasteiger partial charge on any atom is -0.395 e. The molecule has 0 amide bonds. The number of sulfonamides is 1. The lowest BCUT2D eigenvalue weighted by atomic mass is 10.2. The molecule has 1 rings (SSSR count). The van der Waals surface area contributed by atoms with Crippen molar-refractivity contribution < 1.29 is 13.5 Å². The molecule has 0 aromatic heterocycles. The van der Waals surface area contributed by atoms with E-state index in [4.69, 9.17) is 16.7 Å². The van der Waals surface area contributed by atoms with E-state index < -0.39 is 16.1 Å². The molecule has 1 atom stereocenters. The third kappa shape index (κ3) is 5.32. The second kappa shape index (κ2) is 6.16. The minimum absolute atomic E-state index is 0.242. The highest BCUT2D eigenvalue weighted by Crippen LogP contribution is 2.11. The molecule has 0 aliphatic heterocycles. The number of rotatable bonds is 5. The molecule has 0 saturated heterocycles.